The van der Waals surface area contributed by atoms with Gasteiger partial charge < -0.3 is 20.3 Å². The molecule has 0 aliphatic carbocycles. The number of carbonyl (C=O) groups excluding carboxylic acids is 2. The molecule has 1 saturated heterocycles. The Hall–Kier alpha value is -2.08. The van der Waals surface area contributed by atoms with Gasteiger partial charge in [-0.15, -0.1) is 0 Å². The number of likely N-dealkylation sites (tertiary alicyclic amines) is 1. The van der Waals surface area contributed by atoms with Crippen LogP contribution in [0.2, 0.25) is 0 Å². The molecule has 6 nitrogen and oxygen atoms in total. The van der Waals surface area contributed by atoms with E-state index in [1.54, 1.807) is 9.80 Å². The summed E-state index contributed by atoms with van der Waals surface area (Å²) in [6.07, 6.45) is 0.408. The van der Waals surface area contributed by atoms with Gasteiger partial charge in [0.25, 0.3) is 0 Å². The first kappa shape index (κ1) is 20.2. The standard InChI is InChI=1S/C20H31N3O3/c1-14(2)18(21)19(24)22-11-10-17(12-22)23(15(3)4)20(25)26-13-16-8-6-5-7-9-16/h5-9,14-15,17-18H,10-13,21H2,1-4H3/t17-,18-/m0/s1. The molecule has 0 saturated carbocycles. The van der Waals surface area contributed by atoms with E-state index in [1.165, 1.54) is 0 Å². The van der Waals surface area contributed by atoms with Crippen LogP contribution in [0.4, 0.5) is 4.79 Å². The van der Waals surface area contributed by atoms with Crippen LogP contribution in [0.25, 0.3) is 0 Å². The zero-order valence-corrected chi connectivity index (χ0v) is 16.2. The van der Waals surface area contributed by atoms with Crippen LogP contribution in [0.15, 0.2) is 30.3 Å². The molecule has 1 aliphatic heterocycles. The molecule has 2 amide bonds. The van der Waals surface area contributed by atoms with Crippen molar-refractivity contribution in [3.05, 3.63) is 35.9 Å². The average molecular weight is 361 g/mol. The second-order valence-electron chi connectivity index (χ2n) is 7.54. The van der Waals surface area contributed by atoms with Gasteiger partial charge in [0.2, 0.25) is 5.91 Å². The summed E-state index contributed by atoms with van der Waals surface area (Å²) in [6, 6.07) is 9.08. The monoisotopic (exact) mass is 361 g/mol. The molecular formula is C20H31N3O3. The Kier molecular flexibility index (Phi) is 7.03. The second kappa shape index (κ2) is 9.03. The van der Waals surface area contributed by atoms with E-state index < -0.39 is 6.04 Å². The van der Waals surface area contributed by atoms with Gasteiger partial charge in [0.05, 0.1) is 12.1 Å². The molecule has 0 unspecified atom stereocenters. The molecule has 0 radical (unpaired) electrons. The molecule has 2 atom stereocenters. The number of nitrogens with zero attached hydrogens (tertiary/aromatic N) is 2. The molecule has 2 rings (SSSR count). The second-order valence-corrected chi connectivity index (χ2v) is 7.54. The number of carbonyl (C=O) groups is 2. The molecule has 26 heavy (non-hydrogen) atoms. The Labute approximate surface area is 156 Å². The van der Waals surface area contributed by atoms with Gasteiger partial charge >= 0.3 is 6.09 Å². The molecule has 0 aromatic heterocycles. The van der Waals surface area contributed by atoms with E-state index in [0.29, 0.717) is 13.1 Å². The fourth-order valence-electron chi connectivity index (χ4n) is 3.24. The third-order valence-electron chi connectivity index (χ3n) is 4.84. The predicted molar refractivity (Wildman–Crippen MR) is 101 cm³/mol. The van der Waals surface area contributed by atoms with Crippen LogP contribution >= 0.6 is 0 Å². The highest BCUT2D eigenvalue weighted by atomic mass is 16.6. The summed E-state index contributed by atoms with van der Waals surface area (Å²) in [4.78, 5) is 28.6. The van der Waals surface area contributed by atoms with Crippen molar-refractivity contribution in [2.24, 2.45) is 11.7 Å². The lowest BCUT2D eigenvalue weighted by atomic mass is 10.0. The Balaban J connectivity index is 1.97. The van der Waals surface area contributed by atoms with Crippen molar-refractivity contribution in [2.75, 3.05) is 13.1 Å². The van der Waals surface area contributed by atoms with Gasteiger partial charge in [-0.05, 0) is 31.7 Å². The molecular weight excluding hydrogens is 330 g/mol. The number of ether oxygens (including phenoxy) is 1. The Morgan fingerprint density at radius 1 is 1.23 bits per heavy atom. The summed E-state index contributed by atoms with van der Waals surface area (Å²) in [7, 11) is 0. The molecule has 1 aromatic carbocycles. The fraction of sp³-hybridized carbons (Fsp3) is 0.600. The summed E-state index contributed by atoms with van der Waals surface area (Å²) in [6.45, 7) is 9.20. The third kappa shape index (κ3) is 4.97. The molecule has 6 heteroatoms. The lowest BCUT2D eigenvalue weighted by molar-refractivity contribution is -0.132. The van der Waals surface area contributed by atoms with Gasteiger partial charge in [0.1, 0.15) is 6.61 Å². The van der Waals surface area contributed by atoms with Gasteiger partial charge in [0.15, 0.2) is 0 Å². The topological polar surface area (TPSA) is 75.9 Å². The fourth-order valence-corrected chi connectivity index (χ4v) is 3.24. The lowest BCUT2D eigenvalue weighted by Gasteiger charge is -2.32. The van der Waals surface area contributed by atoms with Crippen molar-refractivity contribution in [3.63, 3.8) is 0 Å². The highest BCUT2D eigenvalue weighted by Gasteiger charge is 2.36. The van der Waals surface area contributed by atoms with E-state index >= 15 is 0 Å². The van der Waals surface area contributed by atoms with Gasteiger partial charge in [-0.1, -0.05) is 44.2 Å². The number of nitrogens with two attached hydrogens (primary N) is 1. The summed E-state index contributed by atoms with van der Waals surface area (Å²) < 4.78 is 5.50. The molecule has 0 spiro atoms. The summed E-state index contributed by atoms with van der Waals surface area (Å²) in [5.74, 6) is 0.0578. The van der Waals surface area contributed by atoms with E-state index in [0.717, 1.165) is 12.0 Å². The number of benzene rings is 1. The van der Waals surface area contributed by atoms with Gasteiger partial charge in [-0.2, -0.15) is 0 Å². The summed E-state index contributed by atoms with van der Waals surface area (Å²) in [5.41, 5.74) is 6.95. The lowest BCUT2D eigenvalue weighted by Crippen LogP contribution is -2.49. The molecule has 1 aromatic rings. The smallest absolute Gasteiger partial charge is 0.410 e. The zero-order valence-electron chi connectivity index (χ0n) is 16.2. The minimum absolute atomic E-state index is 0.00269. The first-order chi connectivity index (χ1) is 12.3. The quantitative estimate of drug-likeness (QED) is 0.845. The van der Waals surface area contributed by atoms with Crippen LogP contribution in [0.3, 0.4) is 0 Å². The van der Waals surface area contributed by atoms with Crippen LogP contribution in [0, 0.1) is 5.92 Å². The van der Waals surface area contributed by atoms with Crippen LogP contribution in [-0.4, -0.2) is 53.0 Å². The van der Waals surface area contributed by atoms with Crippen LogP contribution in [0.5, 0.6) is 0 Å². The summed E-state index contributed by atoms with van der Waals surface area (Å²) >= 11 is 0. The van der Waals surface area contributed by atoms with Crippen molar-refractivity contribution in [1.29, 1.82) is 0 Å². The molecule has 2 N–H and O–H groups in total. The number of hydrogen-bond acceptors (Lipinski definition) is 4. The minimum atomic E-state index is -0.494. The zero-order chi connectivity index (χ0) is 19.3. The van der Waals surface area contributed by atoms with Gasteiger partial charge in [-0.3, -0.25) is 4.79 Å². The highest BCUT2D eigenvalue weighted by Crippen LogP contribution is 2.21. The predicted octanol–water partition coefficient (Wildman–Crippen LogP) is 2.62. The Morgan fingerprint density at radius 3 is 2.46 bits per heavy atom. The van der Waals surface area contributed by atoms with E-state index in [1.807, 2.05) is 58.0 Å². The largest absolute Gasteiger partial charge is 0.445 e. The number of amides is 2. The van der Waals surface area contributed by atoms with Crippen molar-refractivity contribution < 1.29 is 14.3 Å². The van der Waals surface area contributed by atoms with E-state index in [9.17, 15) is 9.59 Å². The Morgan fingerprint density at radius 2 is 1.88 bits per heavy atom. The van der Waals surface area contributed by atoms with Crippen LogP contribution in [-0.2, 0) is 16.1 Å². The minimum Gasteiger partial charge on any atom is -0.445 e. The molecule has 144 valence electrons. The first-order valence-corrected chi connectivity index (χ1v) is 9.34. The molecule has 0 bridgehead atoms. The maximum Gasteiger partial charge on any atom is 0.410 e. The van der Waals surface area contributed by atoms with Gasteiger partial charge in [-0.25, -0.2) is 4.79 Å². The summed E-state index contributed by atoms with van der Waals surface area (Å²) in [5, 5.41) is 0. The first-order valence-electron chi connectivity index (χ1n) is 9.34. The maximum absolute atomic E-state index is 12.6. The third-order valence-corrected chi connectivity index (χ3v) is 4.84. The van der Waals surface area contributed by atoms with Crippen molar-refractivity contribution >= 4 is 12.0 Å². The highest BCUT2D eigenvalue weighted by molar-refractivity contribution is 5.82. The maximum atomic E-state index is 12.6. The number of hydrogen-bond donors (Lipinski definition) is 1. The molecule has 1 heterocycles. The van der Waals surface area contributed by atoms with Crippen LogP contribution < -0.4 is 5.73 Å². The molecule has 1 aliphatic rings. The van der Waals surface area contributed by atoms with Gasteiger partial charge in [0, 0.05) is 19.1 Å². The SMILES string of the molecule is CC(C)[C@H](N)C(=O)N1CC[C@H](N(C(=O)OCc2ccccc2)C(C)C)C1. The number of rotatable bonds is 6. The average Bonchev–Trinajstić information content (AvgIpc) is 3.08. The van der Waals surface area contributed by atoms with Crippen molar-refractivity contribution in [1.82, 2.24) is 9.80 Å². The van der Waals surface area contributed by atoms with Crippen LogP contribution in [0.1, 0.15) is 39.7 Å². The molecule has 1 fully saturated rings. The van der Waals surface area contributed by atoms with E-state index in [2.05, 4.69) is 0 Å². The Bertz CT molecular complexity index is 604. The van der Waals surface area contributed by atoms with Crippen molar-refractivity contribution in [2.45, 2.75) is 58.8 Å². The van der Waals surface area contributed by atoms with Crippen molar-refractivity contribution in [3.8, 4) is 0 Å². The normalized spacial score (nSPS) is 18.3. The van der Waals surface area contributed by atoms with E-state index in [-0.39, 0.29) is 36.6 Å². The van der Waals surface area contributed by atoms with E-state index in [4.69, 9.17) is 10.5 Å².